The molecule has 4 rings (SSSR count). The van der Waals surface area contributed by atoms with Gasteiger partial charge in [0.15, 0.2) is 0 Å². The Labute approximate surface area is 242 Å². The Morgan fingerprint density at radius 3 is 2.40 bits per heavy atom. The van der Waals surface area contributed by atoms with Crippen LogP contribution in [0.15, 0.2) is 60.8 Å². The molecule has 12 heteroatoms. The summed E-state index contributed by atoms with van der Waals surface area (Å²) in [6.45, 7) is 0.256. The fraction of sp³-hybridized carbons (Fsp3) is 0.367. The molecular formula is C30H36N6O6. The number of aromatic amines is 1. The smallest absolute Gasteiger partial charge is 0.326 e. The lowest BCUT2D eigenvalue weighted by Crippen LogP contribution is -2.57. The molecule has 1 saturated heterocycles. The van der Waals surface area contributed by atoms with Crippen molar-refractivity contribution in [1.82, 2.24) is 20.5 Å². The molecule has 0 spiro atoms. The number of aliphatic carboxylic acids is 1. The number of primary amides is 1. The van der Waals surface area contributed by atoms with Crippen LogP contribution in [0.1, 0.15) is 36.8 Å². The standard InChI is InChI=1S/C30H36N6O6/c31-21(15-18-7-2-1-3-8-18)27(38)35-24(16-19-17-33-22-10-5-4-9-20(19)22)29(40)36-14-6-11-25(36)28(39)34-23(30(41)42)12-13-26(32)37/h1-5,7-10,17,21,23-25,33H,6,11-16,31H2,(H2,32,37)(H,34,39)(H,35,38)(H,41,42). The molecule has 222 valence electrons. The number of para-hydroxylation sites is 1. The Balaban J connectivity index is 1.53. The second-order valence-electron chi connectivity index (χ2n) is 10.5. The summed E-state index contributed by atoms with van der Waals surface area (Å²) in [6.07, 6.45) is 2.66. The van der Waals surface area contributed by atoms with Crippen molar-refractivity contribution in [3.63, 3.8) is 0 Å². The van der Waals surface area contributed by atoms with Crippen molar-refractivity contribution in [2.75, 3.05) is 6.54 Å². The number of rotatable bonds is 13. The van der Waals surface area contributed by atoms with Gasteiger partial charge in [-0.25, -0.2) is 4.79 Å². The fourth-order valence-corrected chi connectivity index (χ4v) is 5.28. The molecule has 1 fully saturated rings. The molecule has 0 aliphatic carbocycles. The third-order valence-electron chi connectivity index (χ3n) is 7.48. The molecule has 12 nitrogen and oxygen atoms in total. The van der Waals surface area contributed by atoms with E-state index < -0.39 is 53.8 Å². The number of H-pyrrole nitrogens is 1. The van der Waals surface area contributed by atoms with Crippen LogP contribution in [-0.4, -0.2) is 75.3 Å². The zero-order valence-electron chi connectivity index (χ0n) is 23.1. The number of nitrogens with one attached hydrogen (secondary N) is 3. The first-order valence-electron chi connectivity index (χ1n) is 13.9. The Morgan fingerprint density at radius 1 is 0.976 bits per heavy atom. The second-order valence-corrected chi connectivity index (χ2v) is 10.5. The van der Waals surface area contributed by atoms with Crippen LogP contribution in [-0.2, 0) is 36.8 Å². The summed E-state index contributed by atoms with van der Waals surface area (Å²) >= 11 is 0. The molecular weight excluding hydrogens is 540 g/mol. The molecule has 1 aromatic heterocycles. The van der Waals surface area contributed by atoms with Crippen molar-refractivity contribution in [3.8, 4) is 0 Å². The summed E-state index contributed by atoms with van der Waals surface area (Å²) in [6, 6.07) is 12.7. The summed E-state index contributed by atoms with van der Waals surface area (Å²) in [5, 5.41) is 15.7. The van der Waals surface area contributed by atoms with E-state index in [1.807, 2.05) is 54.6 Å². The van der Waals surface area contributed by atoms with Crippen molar-refractivity contribution in [3.05, 3.63) is 71.9 Å². The van der Waals surface area contributed by atoms with Crippen molar-refractivity contribution in [2.24, 2.45) is 11.5 Å². The number of nitrogens with two attached hydrogens (primary N) is 2. The zero-order valence-corrected chi connectivity index (χ0v) is 23.1. The third-order valence-corrected chi connectivity index (χ3v) is 7.48. The van der Waals surface area contributed by atoms with Gasteiger partial charge in [-0.2, -0.15) is 0 Å². The number of nitrogens with zero attached hydrogens (tertiary/aromatic N) is 1. The maximum absolute atomic E-state index is 14.0. The van der Waals surface area contributed by atoms with Crippen LogP contribution in [0.25, 0.3) is 10.9 Å². The lowest BCUT2D eigenvalue weighted by molar-refractivity contribution is -0.145. The van der Waals surface area contributed by atoms with E-state index in [2.05, 4.69) is 15.6 Å². The molecule has 2 aromatic carbocycles. The van der Waals surface area contributed by atoms with Gasteiger partial charge in [-0.1, -0.05) is 48.5 Å². The Hall–Kier alpha value is -4.71. The van der Waals surface area contributed by atoms with E-state index in [1.165, 1.54) is 4.90 Å². The molecule has 8 N–H and O–H groups in total. The first-order valence-corrected chi connectivity index (χ1v) is 13.9. The molecule has 4 atom stereocenters. The quantitative estimate of drug-likeness (QED) is 0.171. The van der Waals surface area contributed by atoms with Gasteiger partial charge in [-0.3, -0.25) is 19.2 Å². The zero-order chi connectivity index (χ0) is 30.2. The van der Waals surface area contributed by atoms with Gasteiger partial charge < -0.3 is 37.1 Å². The van der Waals surface area contributed by atoms with Crippen LogP contribution in [0.2, 0.25) is 0 Å². The molecule has 42 heavy (non-hydrogen) atoms. The minimum absolute atomic E-state index is 0.147. The molecule has 3 aromatic rings. The summed E-state index contributed by atoms with van der Waals surface area (Å²) in [5.41, 5.74) is 13.9. The number of carbonyl (C=O) groups excluding carboxylic acids is 4. The highest BCUT2D eigenvalue weighted by Gasteiger charge is 2.39. The number of aromatic nitrogens is 1. The van der Waals surface area contributed by atoms with E-state index in [0.717, 1.165) is 22.0 Å². The van der Waals surface area contributed by atoms with Crippen molar-refractivity contribution in [2.45, 2.75) is 62.7 Å². The minimum atomic E-state index is -1.33. The molecule has 0 bridgehead atoms. The molecule has 0 radical (unpaired) electrons. The summed E-state index contributed by atoms with van der Waals surface area (Å²) in [5.74, 6) is -3.61. The van der Waals surface area contributed by atoms with E-state index in [0.29, 0.717) is 12.8 Å². The van der Waals surface area contributed by atoms with Gasteiger partial charge in [-0.15, -0.1) is 0 Å². The number of fused-ring (bicyclic) bond motifs is 1. The predicted octanol–water partition coefficient (Wildman–Crippen LogP) is 0.591. The monoisotopic (exact) mass is 576 g/mol. The van der Waals surface area contributed by atoms with Crippen LogP contribution < -0.4 is 22.1 Å². The second kappa shape index (κ2) is 13.8. The highest BCUT2D eigenvalue weighted by atomic mass is 16.4. The van der Waals surface area contributed by atoms with Gasteiger partial charge in [-0.05, 0) is 42.9 Å². The van der Waals surface area contributed by atoms with Crippen LogP contribution in [0, 0.1) is 0 Å². The average molecular weight is 577 g/mol. The average Bonchev–Trinajstić information content (AvgIpc) is 3.62. The number of carboxylic acids is 1. The Morgan fingerprint density at radius 2 is 1.69 bits per heavy atom. The number of hydrogen-bond donors (Lipinski definition) is 6. The first kappa shape index (κ1) is 30.3. The van der Waals surface area contributed by atoms with E-state index in [-0.39, 0.29) is 32.2 Å². The Bertz CT molecular complexity index is 1440. The molecule has 4 amide bonds. The lowest BCUT2D eigenvalue weighted by Gasteiger charge is -2.30. The SMILES string of the molecule is NC(=O)CCC(NC(=O)C1CCCN1C(=O)C(Cc1c[nH]c2ccccc12)NC(=O)C(N)Cc1ccccc1)C(=O)O. The van der Waals surface area contributed by atoms with Gasteiger partial charge in [0.25, 0.3) is 0 Å². The summed E-state index contributed by atoms with van der Waals surface area (Å²) < 4.78 is 0. The molecule has 1 aliphatic rings. The highest BCUT2D eigenvalue weighted by Crippen LogP contribution is 2.23. The number of carboxylic acid groups (broad SMARTS) is 1. The first-order chi connectivity index (χ1) is 20.1. The molecule has 4 unspecified atom stereocenters. The fourth-order valence-electron chi connectivity index (χ4n) is 5.28. The maximum Gasteiger partial charge on any atom is 0.326 e. The van der Waals surface area contributed by atoms with Crippen LogP contribution >= 0.6 is 0 Å². The van der Waals surface area contributed by atoms with Gasteiger partial charge in [0, 0.05) is 36.5 Å². The predicted molar refractivity (Wildman–Crippen MR) is 155 cm³/mol. The number of likely N-dealkylation sites (tertiary alicyclic amines) is 1. The molecule has 1 aliphatic heterocycles. The number of hydrogen-bond acceptors (Lipinski definition) is 6. The number of amides is 4. The van der Waals surface area contributed by atoms with Crippen LogP contribution in [0.3, 0.4) is 0 Å². The Kier molecular flexibility index (Phi) is 9.92. The minimum Gasteiger partial charge on any atom is -0.480 e. The maximum atomic E-state index is 14.0. The van der Waals surface area contributed by atoms with Crippen LogP contribution in [0.5, 0.6) is 0 Å². The van der Waals surface area contributed by atoms with Gasteiger partial charge >= 0.3 is 5.97 Å². The van der Waals surface area contributed by atoms with Crippen molar-refractivity contribution >= 4 is 40.5 Å². The third kappa shape index (κ3) is 7.52. The molecule has 0 saturated carbocycles. The largest absolute Gasteiger partial charge is 0.480 e. The number of carbonyl (C=O) groups is 5. The topological polar surface area (TPSA) is 201 Å². The normalized spacial score (nSPS) is 16.9. The van der Waals surface area contributed by atoms with E-state index in [9.17, 15) is 29.1 Å². The summed E-state index contributed by atoms with van der Waals surface area (Å²) in [7, 11) is 0. The lowest BCUT2D eigenvalue weighted by atomic mass is 10.0. The van der Waals surface area contributed by atoms with Gasteiger partial charge in [0.1, 0.15) is 18.1 Å². The molecule has 2 heterocycles. The summed E-state index contributed by atoms with van der Waals surface area (Å²) in [4.78, 5) is 67.8. The number of benzene rings is 2. The van der Waals surface area contributed by atoms with Gasteiger partial charge in [0.2, 0.25) is 23.6 Å². The van der Waals surface area contributed by atoms with Crippen molar-refractivity contribution in [1.29, 1.82) is 0 Å². The van der Waals surface area contributed by atoms with E-state index in [4.69, 9.17) is 11.5 Å². The van der Waals surface area contributed by atoms with E-state index in [1.54, 1.807) is 6.20 Å². The van der Waals surface area contributed by atoms with Gasteiger partial charge in [0.05, 0.1) is 6.04 Å². The van der Waals surface area contributed by atoms with E-state index >= 15 is 0 Å². The van der Waals surface area contributed by atoms with Crippen LogP contribution in [0.4, 0.5) is 0 Å². The van der Waals surface area contributed by atoms with Crippen molar-refractivity contribution < 1.29 is 29.1 Å². The highest BCUT2D eigenvalue weighted by molar-refractivity contribution is 5.95.